The molecule has 0 aliphatic heterocycles. The predicted molar refractivity (Wildman–Crippen MR) is 85.7 cm³/mol. The number of anilines is 1. The molecule has 114 valence electrons. The molecule has 2 heterocycles. The summed E-state index contributed by atoms with van der Waals surface area (Å²) in [5, 5.41) is 5.64. The van der Waals surface area contributed by atoms with E-state index in [2.05, 4.69) is 20.6 Å². The van der Waals surface area contributed by atoms with Gasteiger partial charge in [-0.3, -0.25) is 10.3 Å². The van der Waals surface area contributed by atoms with Crippen LogP contribution in [0.2, 0.25) is 0 Å². The highest BCUT2D eigenvalue weighted by Gasteiger charge is 2.11. The molecule has 0 radical (unpaired) electrons. The molecular formula is C17H20N4O. The Balaban J connectivity index is 1.59. The summed E-state index contributed by atoms with van der Waals surface area (Å²) in [6, 6.07) is 5.57. The number of nitrogens with zero attached hydrogens (tertiary/aromatic N) is 2. The molecule has 0 bridgehead atoms. The van der Waals surface area contributed by atoms with Crippen molar-refractivity contribution in [2.45, 2.75) is 39.2 Å². The van der Waals surface area contributed by atoms with E-state index in [1.807, 2.05) is 31.3 Å². The maximum Gasteiger partial charge on any atom is 0.320 e. The van der Waals surface area contributed by atoms with E-state index >= 15 is 0 Å². The number of carbonyl (C=O) groups is 1. The Morgan fingerprint density at radius 2 is 2.05 bits per heavy atom. The van der Waals surface area contributed by atoms with Crippen molar-refractivity contribution in [3.63, 3.8) is 0 Å². The normalized spacial score (nSPS) is 13.3. The molecule has 3 rings (SSSR count). The molecule has 0 unspecified atom stereocenters. The Morgan fingerprint density at radius 1 is 1.23 bits per heavy atom. The number of hydrogen-bond acceptors (Lipinski definition) is 3. The fraction of sp³-hybridized carbons (Fsp3) is 0.353. The zero-order valence-electron chi connectivity index (χ0n) is 12.7. The number of fused-ring (bicyclic) bond motifs is 1. The highest BCUT2D eigenvalue weighted by atomic mass is 16.2. The van der Waals surface area contributed by atoms with Gasteiger partial charge in [0.25, 0.3) is 0 Å². The molecule has 0 spiro atoms. The Hall–Kier alpha value is -2.43. The first-order valence-corrected chi connectivity index (χ1v) is 7.65. The van der Waals surface area contributed by atoms with Crippen LogP contribution in [0.5, 0.6) is 0 Å². The van der Waals surface area contributed by atoms with Gasteiger partial charge in [-0.15, -0.1) is 0 Å². The number of amides is 2. The van der Waals surface area contributed by atoms with E-state index in [4.69, 9.17) is 0 Å². The summed E-state index contributed by atoms with van der Waals surface area (Å²) < 4.78 is 0. The number of urea groups is 1. The van der Waals surface area contributed by atoms with Crippen molar-refractivity contribution in [2.24, 2.45) is 0 Å². The fourth-order valence-electron chi connectivity index (χ4n) is 2.72. The second-order valence-electron chi connectivity index (χ2n) is 5.60. The Kier molecular flexibility index (Phi) is 4.32. The van der Waals surface area contributed by atoms with Crippen LogP contribution < -0.4 is 10.6 Å². The number of rotatable bonds is 3. The van der Waals surface area contributed by atoms with Crippen LogP contribution in [-0.4, -0.2) is 16.0 Å². The molecule has 2 N–H and O–H groups in total. The molecular weight excluding hydrogens is 276 g/mol. The van der Waals surface area contributed by atoms with Crippen molar-refractivity contribution < 1.29 is 4.79 Å². The van der Waals surface area contributed by atoms with E-state index < -0.39 is 0 Å². The quantitative estimate of drug-likeness (QED) is 0.915. The molecule has 0 saturated heterocycles. The summed E-state index contributed by atoms with van der Waals surface area (Å²) in [5.74, 6) is 0.612. The Morgan fingerprint density at radius 3 is 2.86 bits per heavy atom. The standard InChI is InChI=1S/C17H20N4O/c1-12-14(7-4-8-18-12)10-20-17(22)21-16-9-13-5-2-3-6-15(13)11-19-16/h4,7-9,11H,2-3,5-6,10H2,1H3,(H2,19,20,21,22). The number of carbonyl (C=O) groups excluding carboxylic acids is 1. The third kappa shape index (κ3) is 3.42. The van der Waals surface area contributed by atoms with Gasteiger partial charge in [0.1, 0.15) is 5.82 Å². The van der Waals surface area contributed by atoms with Crippen LogP contribution in [0, 0.1) is 6.92 Å². The molecule has 0 atom stereocenters. The van der Waals surface area contributed by atoms with Gasteiger partial charge in [0.05, 0.1) is 0 Å². The van der Waals surface area contributed by atoms with E-state index in [0.717, 1.165) is 24.1 Å². The Bertz CT molecular complexity index is 684. The summed E-state index contributed by atoms with van der Waals surface area (Å²) >= 11 is 0. The average Bonchev–Trinajstić information content (AvgIpc) is 2.54. The second-order valence-corrected chi connectivity index (χ2v) is 5.60. The molecule has 1 aliphatic carbocycles. The van der Waals surface area contributed by atoms with Crippen molar-refractivity contribution in [1.82, 2.24) is 15.3 Å². The lowest BCUT2D eigenvalue weighted by atomic mass is 9.93. The lowest BCUT2D eigenvalue weighted by molar-refractivity contribution is 0.251. The topological polar surface area (TPSA) is 66.9 Å². The predicted octanol–water partition coefficient (Wildman–Crippen LogP) is 2.99. The van der Waals surface area contributed by atoms with Gasteiger partial charge in [0.2, 0.25) is 0 Å². The molecule has 5 heteroatoms. The number of aromatic nitrogens is 2. The summed E-state index contributed by atoms with van der Waals surface area (Å²) in [6.45, 7) is 2.39. The van der Waals surface area contributed by atoms with E-state index in [-0.39, 0.29) is 6.03 Å². The van der Waals surface area contributed by atoms with Crippen molar-refractivity contribution in [1.29, 1.82) is 0 Å². The number of nitrogens with one attached hydrogen (secondary N) is 2. The van der Waals surface area contributed by atoms with Gasteiger partial charge < -0.3 is 5.32 Å². The lowest BCUT2D eigenvalue weighted by Gasteiger charge is -2.16. The van der Waals surface area contributed by atoms with Crippen LogP contribution in [-0.2, 0) is 19.4 Å². The SMILES string of the molecule is Cc1ncccc1CNC(=O)Nc1cc2c(cn1)CCCC2. The maximum absolute atomic E-state index is 12.0. The molecule has 22 heavy (non-hydrogen) atoms. The van der Waals surface area contributed by atoms with Gasteiger partial charge in [-0.2, -0.15) is 0 Å². The van der Waals surface area contributed by atoms with Gasteiger partial charge >= 0.3 is 6.03 Å². The van der Waals surface area contributed by atoms with Gasteiger partial charge in [-0.25, -0.2) is 9.78 Å². The molecule has 5 nitrogen and oxygen atoms in total. The third-order valence-corrected chi connectivity index (χ3v) is 4.02. The highest BCUT2D eigenvalue weighted by Crippen LogP contribution is 2.22. The fourth-order valence-corrected chi connectivity index (χ4v) is 2.72. The van der Waals surface area contributed by atoms with Crippen molar-refractivity contribution >= 4 is 11.8 Å². The minimum absolute atomic E-state index is 0.244. The van der Waals surface area contributed by atoms with Gasteiger partial charge in [-0.05, 0) is 61.4 Å². The third-order valence-electron chi connectivity index (χ3n) is 4.02. The van der Waals surface area contributed by atoms with Gasteiger partial charge in [0.15, 0.2) is 0 Å². The van der Waals surface area contributed by atoms with E-state index in [0.29, 0.717) is 12.4 Å². The van der Waals surface area contributed by atoms with E-state index in [9.17, 15) is 4.79 Å². The molecule has 2 amide bonds. The number of hydrogen-bond donors (Lipinski definition) is 2. The van der Waals surface area contributed by atoms with Crippen molar-refractivity contribution in [2.75, 3.05) is 5.32 Å². The monoisotopic (exact) mass is 296 g/mol. The van der Waals surface area contributed by atoms with Crippen LogP contribution in [0.1, 0.15) is 35.2 Å². The molecule has 0 aromatic carbocycles. The summed E-state index contributed by atoms with van der Waals surface area (Å²) in [7, 11) is 0. The maximum atomic E-state index is 12.0. The molecule has 2 aromatic rings. The van der Waals surface area contributed by atoms with Crippen LogP contribution >= 0.6 is 0 Å². The molecule has 0 fully saturated rings. The first kappa shape index (κ1) is 14.5. The van der Waals surface area contributed by atoms with Crippen LogP contribution in [0.15, 0.2) is 30.6 Å². The van der Waals surface area contributed by atoms with E-state index in [1.54, 1.807) is 6.20 Å². The highest BCUT2D eigenvalue weighted by molar-refractivity contribution is 5.88. The minimum Gasteiger partial charge on any atom is -0.334 e. The minimum atomic E-state index is -0.244. The van der Waals surface area contributed by atoms with Crippen LogP contribution in [0.3, 0.4) is 0 Å². The smallest absolute Gasteiger partial charge is 0.320 e. The molecule has 0 saturated carbocycles. The van der Waals surface area contributed by atoms with Gasteiger partial charge in [-0.1, -0.05) is 6.07 Å². The summed E-state index contributed by atoms with van der Waals surface area (Å²) in [4.78, 5) is 20.5. The zero-order valence-corrected chi connectivity index (χ0v) is 12.7. The van der Waals surface area contributed by atoms with Crippen LogP contribution in [0.25, 0.3) is 0 Å². The molecule has 2 aromatic heterocycles. The van der Waals surface area contributed by atoms with Crippen molar-refractivity contribution in [3.8, 4) is 0 Å². The molecule has 1 aliphatic rings. The average molecular weight is 296 g/mol. The Labute approximate surface area is 130 Å². The van der Waals surface area contributed by atoms with Crippen molar-refractivity contribution in [3.05, 3.63) is 53.0 Å². The summed E-state index contributed by atoms with van der Waals surface area (Å²) in [6.07, 6.45) is 8.23. The lowest BCUT2D eigenvalue weighted by Crippen LogP contribution is -2.29. The zero-order chi connectivity index (χ0) is 15.4. The van der Waals surface area contributed by atoms with Gasteiger partial charge in [0, 0.05) is 24.6 Å². The van der Waals surface area contributed by atoms with E-state index in [1.165, 1.54) is 24.0 Å². The second kappa shape index (κ2) is 6.56. The number of aryl methyl sites for hydroxylation is 3. The number of pyridine rings is 2. The van der Waals surface area contributed by atoms with Crippen LogP contribution in [0.4, 0.5) is 10.6 Å². The largest absolute Gasteiger partial charge is 0.334 e. The first-order valence-electron chi connectivity index (χ1n) is 7.65. The first-order chi connectivity index (χ1) is 10.7. The summed E-state index contributed by atoms with van der Waals surface area (Å²) in [5.41, 5.74) is 4.55.